The van der Waals surface area contributed by atoms with Crippen LogP contribution in [0.5, 0.6) is 5.75 Å². The van der Waals surface area contributed by atoms with Crippen LogP contribution in [0.25, 0.3) is 0 Å². The summed E-state index contributed by atoms with van der Waals surface area (Å²) in [4.78, 5) is 0. The number of rotatable bonds is 5. The van der Waals surface area contributed by atoms with Crippen molar-refractivity contribution in [3.63, 3.8) is 0 Å². The van der Waals surface area contributed by atoms with Crippen molar-refractivity contribution in [3.8, 4) is 5.75 Å². The highest BCUT2D eigenvalue weighted by Gasteiger charge is 2.23. The molecule has 2 rings (SSSR count). The van der Waals surface area contributed by atoms with Gasteiger partial charge in [0.25, 0.3) is 0 Å². The van der Waals surface area contributed by atoms with Crippen LogP contribution in [0, 0.1) is 5.41 Å². The molecule has 0 aromatic heterocycles. The van der Waals surface area contributed by atoms with Crippen molar-refractivity contribution in [2.45, 2.75) is 26.4 Å². The molecule has 0 saturated carbocycles. The Morgan fingerprint density at radius 1 is 1.41 bits per heavy atom. The van der Waals surface area contributed by atoms with Gasteiger partial charge >= 0.3 is 0 Å². The van der Waals surface area contributed by atoms with Gasteiger partial charge in [0.05, 0.1) is 0 Å². The van der Waals surface area contributed by atoms with Gasteiger partial charge in [0, 0.05) is 31.5 Å². The number of fused-ring (bicyclic) bond motifs is 1. The highest BCUT2D eigenvalue weighted by atomic mass is 16.5. The molecule has 3 nitrogen and oxygen atoms in total. The normalized spacial score (nSPS) is 18.9. The smallest absolute Gasteiger partial charge is 0.123 e. The van der Waals surface area contributed by atoms with E-state index in [-0.39, 0.29) is 18.1 Å². The van der Waals surface area contributed by atoms with Crippen molar-refractivity contribution in [2.75, 3.05) is 19.7 Å². The maximum atomic E-state index is 9.16. The average Bonchev–Trinajstić information content (AvgIpc) is 2.71. The van der Waals surface area contributed by atoms with Crippen LogP contribution in [-0.2, 0) is 6.42 Å². The number of hydrogen-bond acceptors (Lipinski definition) is 3. The van der Waals surface area contributed by atoms with Crippen molar-refractivity contribution in [3.05, 3.63) is 29.8 Å². The summed E-state index contributed by atoms with van der Waals surface area (Å²) in [7, 11) is 0. The predicted molar refractivity (Wildman–Crippen MR) is 68.3 cm³/mol. The summed E-state index contributed by atoms with van der Waals surface area (Å²) in [5, 5.41) is 12.5. The van der Waals surface area contributed by atoms with Crippen molar-refractivity contribution in [1.82, 2.24) is 5.32 Å². The Hall–Kier alpha value is -1.06. The van der Waals surface area contributed by atoms with Gasteiger partial charge in [0.15, 0.2) is 0 Å². The third kappa shape index (κ3) is 3.20. The lowest BCUT2D eigenvalue weighted by molar-refractivity contribution is 0.149. The first-order valence-corrected chi connectivity index (χ1v) is 6.17. The van der Waals surface area contributed by atoms with Crippen LogP contribution >= 0.6 is 0 Å². The van der Waals surface area contributed by atoms with Gasteiger partial charge in [-0.15, -0.1) is 0 Å². The third-order valence-electron chi connectivity index (χ3n) is 3.12. The second-order valence-electron chi connectivity index (χ2n) is 5.50. The van der Waals surface area contributed by atoms with Crippen LogP contribution in [0.3, 0.4) is 0 Å². The number of aliphatic hydroxyl groups is 1. The second-order valence-corrected chi connectivity index (χ2v) is 5.50. The fraction of sp³-hybridized carbons (Fsp3) is 0.571. The van der Waals surface area contributed by atoms with Crippen LogP contribution in [0.2, 0.25) is 0 Å². The highest BCUT2D eigenvalue weighted by molar-refractivity contribution is 5.37. The Kier molecular flexibility index (Phi) is 3.69. The quantitative estimate of drug-likeness (QED) is 0.814. The lowest BCUT2D eigenvalue weighted by Crippen LogP contribution is -2.37. The summed E-state index contributed by atoms with van der Waals surface area (Å²) < 4.78 is 5.83. The van der Waals surface area contributed by atoms with E-state index in [1.54, 1.807) is 0 Å². The van der Waals surface area contributed by atoms with E-state index in [0.29, 0.717) is 0 Å². The average molecular weight is 235 g/mol. The lowest BCUT2D eigenvalue weighted by Gasteiger charge is -2.23. The molecule has 3 heteroatoms. The topological polar surface area (TPSA) is 41.5 Å². The first-order valence-electron chi connectivity index (χ1n) is 6.17. The Morgan fingerprint density at radius 3 is 2.88 bits per heavy atom. The molecule has 0 bridgehead atoms. The molecule has 17 heavy (non-hydrogen) atoms. The van der Waals surface area contributed by atoms with E-state index >= 15 is 0 Å². The van der Waals surface area contributed by atoms with Gasteiger partial charge in [-0.05, 0) is 11.6 Å². The number of ether oxygens (including phenoxy) is 1. The van der Waals surface area contributed by atoms with Gasteiger partial charge in [-0.3, -0.25) is 0 Å². The molecule has 0 amide bonds. The van der Waals surface area contributed by atoms with Crippen LogP contribution in [0.15, 0.2) is 24.3 Å². The predicted octanol–water partition coefficient (Wildman–Crippen LogP) is 1.60. The zero-order chi connectivity index (χ0) is 12.3. The van der Waals surface area contributed by atoms with E-state index in [9.17, 15) is 0 Å². The summed E-state index contributed by atoms with van der Waals surface area (Å²) in [5.41, 5.74) is 1.23. The zero-order valence-corrected chi connectivity index (χ0v) is 10.6. The van der Waals surface area contributed by atoms with Crippen LogP contribution < -0.4 is 10.1 Å². The van der Waals surface area contributed by atoms with Crippen molar-refractivity contribution < 1.29 is 9.84 Å². The number of nitrogens with one attached hydrogen (secondary N) is 1. The molecular weight excluding hydrogens is 214 g/mol. The van der Waals surface area contributed by atoms with Gasteiger partial charge in [-0.25, -0.2) is 0 Å². The molecule has 0 aliphatic carbocycles. The number of aliphatic hydroxyl groups excluding tert-OH is 1. The Balaban J connectivity index is 1.77. The number of hydrogen-bond donors (Lipinski definition) is 2. The molecule has 1 aliphatic rings. The van der Waals surface area contributed by atoms with Gasteiger partial charge < -0.3 is 15.2 Å². The summed E-state index contributed by atoms with van der Waals surface area (Å²) in [6.45, 7) is 5.93. The van der Waals surface area contributed by atoms with E-state index in [1.165, 1.54) is 5.56 Å². The fourth-order valence-electron chi connectivity index (χ4n) is 2.00. The molecule has 1 heterocycles. The summed E-state index contributed by atoms with van der Waals surface area (Å²) in [5.74, 6) is 1.01. The van der Waals surface area contributed by atoms with Crippen LogP contribution in [0.1, 0.15) is 19.4 Å². The number of para-hydroxylation sites is 1. The molecule has 0 radical (unpaired) electrons. The van der Waals surface area contributed by atoms with Gasteiger partial charge in [-0.2, -0.15) is 0 Å². The van der Waals surface area contributed by atoms with Gasteiger partial charge in [0.1, 0.15) is 11.9 Å². The molecule has 94 valence electrons. The first kappa shape index (κ1) is 12.4. The molecule has 0 fully saturated rings. The minimum atomic E-state index is -0.0640. The third-order valence-corrected chi connectivity index (χ3v) is 3.12. The van der Waals surface area contributed by atoms with Gasteiger partial charge in [0.2, 0.25) is 0 Å². The molecule has 1 aromatic carbocycles. The van der Waals surface area contributed by atoms with Crippen molar-refractivity contribution in [1.29, 1.82) is 0 Å². The molecule has 1 unspecified atom stereocenters. The molecular formula is C14H21NO2. The monoisotopic (exact) mass is 235 g/mol. The molecule has 0 saturated heterocycles. The Bertz CT molecular complexity index is 351. The highest BCUT2D eigenvalue weighted by Crippen LogP contribution is 2.27. The van der Waals surface area contributed by atoms with Crippen LogP contribution in [-0.4, -0.2) is 30.9 Å². The minimum absolute atomic E-state index is 0.0640. The van der Waals surface area contributed by atoms with Crippen molar-refractivity contribution >= 4 is 0 Å². The Labute approximate surface area is 103 Å². The van der Waals surface area contributed by atoms with E-state index in [4.69, 9.17) is 9.84 Å². The minimum Gasteiger partial charge on any atom is -0.488 e. The number of benzene rings is 1. The largest absolute Gasteiger partial charge is 0.488 e. The summed E-state index contributed by atoms with van der Waals surface area (Å²) in [6, 6.07) is 8.19. The van der Waals surface area contributed by atoms with Gasteiger partial charge in [-0.1, -0.05) is 32.0 Å². The Morgan fingerprint density at radius 2 is 2.18 bits per heavy atom. The standard InChI is InChI=1S/C14H21NO2/c1-14(2,10-16)9-15-8-12-7-11-5-3-4-6-13(11)17-12/h3-6,12,15-16H,7-10H2,1-2H3. The summed E-state index contributed by atoms with van der Waals surface area (Å²) in [6.07, 6.45) is 1.20. The van der Waals surface area contributed by atoms with E-state index in [1.807, 2.05) is 32.0 Å². The molecule has 0 spiro atoms. The maximum absolute atomic E-state index is 9.16. The van der Waals surface area contributed by atoms with Crippen LogP contribution in [0.4, 0.5) is 0 Å². The molecule has 2 N–H and O–H groups in total. The lowest BCUT2D eigenvalue weighted by atomic mass is 9.95. The SMILES string of the molecule is CC(C)(CO)CNCC1Cc2ccccc2O1. The molecule has 1 aliphatic heterocycles. The van der Waals surface area contributed by atoms with E-state index < -0.39 is 0 Å². The van der Waals surface area contributed by atoms with E-state index in [2.05, 4.69) is 11.4 Å². The summed E-state index contributed by atoms with van der Waals surface area (Å²) >= 11 is 0. The maximum Gasteiger partial charge on any atom is 0.123 e. The molecule has 1 aromatic rings. The molecule has 1 atom stereocenters. The first-order chi connectivity index (χ1) is 8.11. The zero-order valence-electron chi connectivity index (χ0n) is 10.6. The van der Waals surface area contributed by atoms with E-state index in [0.717, 1.165) is 25.3 Å². The van der Waals surface area contributed by atoms with Crippen molar-refractivity contribution in [2.24, 2.45) is 5.41 Å². The fourth-order valence-corrected chi connectivity index (χ4v) is 2.00. The second kappa shape index (κ2) is 5.07.